The van der Waals surface area contributed by atoms with E-state index in [1.165, 1.54) is 46.8 Å². The van der Waals surface area contributed by atoms with Crippen LogP contribution in [0.1, 0.15) is 86.9 Å². The summed E-state index contributed by atoms with van der Waals surface area (Å²) in [6, 6.07) is 4.98. The van der Waals surface area contributed by atoms with Crippen LogP contribution in [0.25, 0.3) is 22.0 Å². The number of esters is 1. The minimum absolute atomic E-state index is 0.203. The molecule has 3 aromatic heterocycles. The van der Waals surface area contributed by atoms with Crippen molar-refractivity contribution < 1.29 is 75.1 Å². The molecule has 1 unspecified atom stereocenters. The van der Waals surface area contributed by atoms with Crippen LogP contribution >= 0.6 is 11.6 Å². The van der Waals surface area contributed by atoms with Gasteiger partial charge in [-0.15, -0.1) is 0 Å². The van der Waals surface area contributed by atoms with Gasteiger partial charge in [0.05, 0.1) is 39.3 Å². The third-order valence-corrected chi connectivity index (χ3v) is 15.2. The van der Waals surface area contributed by atoms with Crippen molar-refractivity contribution in [3.8, 4) is 23.0 Å². The second-order valence-corrected chi connectivity index (χ2v) is 23.8. The number of amides is 1. The van der Waals surface area contributed by atoms with Gasteiger partial charge >= 0.3 is 18.3 Å². The lowest BCUT2D eigenvalue weighted by Gasteiger charge is -2.24. The number of nitrogens with one attached hydrogen (secondary N) is 1. The predicted molar refractivity (Wildman–Crippen MR) is 240 cm³/mol. The van der Waals surface area contributed by atoms with Gasteiger partial charge in [0.25, 0.3) is 5.92 Å². The molecule has 5 aromatic rings. The lowest BCUT2D eigenvalue weighted by Crippen LogP contribution is -2.36. The number of ether oxygens (including phenoxy) is 1. The number of sulfone groups is 1. The number of alkyl halides is 8. The predicted octanol–water partition coefficient (Wildman–Crippen LogP) is 8.60. The molecule has 0 radical (unpaired) electrons. The fraction of sp³-hybridized carbons (Fsp3) is 0.444. The summed E-state index contributed by atoms with van der Waals surface area (Å²) < 4.78 is 203. The fourth-order valence-corrected chi connectivity index (χ4v) is 9.24. The first kappa shape index (κ1) is 53.8. The zero-order valence-corrected chi connectivity index (χ0v) is 41.2. The summed E-state index contributed by atoms with van der Waals surface area (Å²) in [4.78, 5) is 31.5. The van der Waals surface area contributed by atoms with Gasteiger partial charge in [-0.25, -0.2) is 34.9 Å². The summed E-state index contributed by atoms with van der Waals surface area (Å²) in [5.41, 5.74) is -6.81. The number of anilines is 1. The van der Waals surface area contributed by atoms with Gasteiger partial charge < -0.3 is 10.1 Å². The first-order valence-corrected chi connectivity index (χ1v) is 25.5. The minimum Gasteiger partial charge on any atom is -0.443 e. The van der Waals surface area contributed by atoms with E-state index in [0.717, 1.165) is 30.5 Å². The highest BCUT2D eigenvalue weighted by Gasteiger charge is 2.68. The Morgan fingerprint density at radius 3 is 2.12 bits per heavy atom. The molecule has 388 valence electrons. The Morgan fingerprint density at radius 1 is 0.931 bits per heavy atom. The average Bonchev–Trinajstić information content (AvgIpc) is 3.73. The van der Waals surface area contributed by atoms with Crippen LogP contribution < -0.4 is 9.62 Å². The van der Waals surface area contributed by atoms with E-state index in [9.17, 15) is 61.5 Å². The van der Waals surface area contributed by atoms with Gasteiger partial charge in [-0.2, -0.15) is 45.3 Å². The highest BCUT2D eigenvalue weighted by molar-refractivity contribution is 7.92. The van der Waals surface area contributed by atoms with Crippen molar-refractivity contribution in [1.29, 1.82) is 0 Å². The lowest BCUT2D eigenvalue weighted by molar-refractivity contribution is -0.152. The van der Waals surface area contributed by atoms with Gasteiger partial charge in [0.2, 0.25) is 15.9 Å². The molecule has 14 nitrogen and oxygen atoms in total. The van der Waals surface area contributed by atoms with Crippen LogP contribution in [0.3, 0.4) is 0 Å². The number of hydrogen-bond acceptors (Lipinski definition) is 10. The van der Waals surface area contributed by atoms with Gasteiger partial charge in [-0.3, -0.25) is 19.0 Å². The standard InChI is InChI=1S/C45H42ClF10N7O7S2/c1-41(2,3)40(65)70-21-63(72(7,68)69)39-34-30(46)11-10-27(36(34)62(60-39)20-43(49,50)51)26-9-8-25(12-13-42(4,5)71(6,66)67)57-35(26)31(16-22-14-23(47)17-24(48)15-22)58-32(64)19-61-38-33(37(59-61)45(54,55)56)28-18-29(28)44(38,52)53/h8-11,14-15,17,28-29,31H,16,18-21H2,1-7H3,(H,58,64)/t28?,29-,31+/m1/s1. The van der Waals surface area contributed by atoms with Crippen LogP contribution in [-0.2, 0) is 65.8 Å². The quantitative estimate of drug-likeness (QED) is 0.0520. The van der Waals surface area contributed by atoms with E-state index in [1.54, 1.807) is 0 Å². The SMILES string of the molecule is CC(C)(C)C(=O)OCN(c1nn(CC(F)(F)F)c2c(-c3ccc(C#CC(C)(C)S(C)(=O)=O)nc3[C@H](Cc3cc(F)cc(F)c3)NC(=O)Cn3nc(C(F)(F)F)c4c3C(F)(F)[C@@H]3CC43)ccc(Cl)c12)S(C)(=O)=O. The second-order valence-electron chi connectivity index (χ2n) is 18.9. The maximum Gasteiger partial charge on any atom is 0.435 e. The molecule has 27 heteroatoms. The molecule has 2 aromatic carbocycles. The molecule has 2 aliphatic rings. The topological polar surface area (TPSA) is 175 Å². The van der Waals surface area contributed by atoms with Gasteiger partial charge in [0.15, 0.2) is 28.1 Å². The number of fused-ring (bicyclic) bond motifs is 4. The number of carbonyl (C=O) groups excluding carboxylic acids is 2. The van der Waals surface area contributed by atoms with Crippen molar-refractivity contribution in [2.24, 2.45) is 11.3 Å². The minimum atomic E-state index is -5.22. The van der Waals surface area contributed by atoms with Gasteiger partial charge in [-0.1, -0.05) is 23.6 Å². The Hall–Kier alpha value is -5.94. The van der Waals surface area contributed by atoms with Crippen molar-refractivity contribution >= 4 is 60.1 Å². The number of halogens is 11. The third kappa shape index (κ3) is 10.9. The number of hydrogen-bond donors (Lipinski definition) is 1. The number of rotatable bonds is 13. The fourth-order valence-electron chi connectivity index (χ4n) is 8.08. The first-order chi connectivity index (χ1) is 32.9. The van der Waals surface area contributed by atoms with Gasteiger partial charge in [0.1, 0.15) is 40.9 Å². The van der Waals surface area contributed by atoms with E-state index in [4.69, 9.17) is 16.3 Å². The maximum atomic E-state index is 15.6. The van der Waals surface area contributed by atoms with Crippen LogP contribution in [0.15, 0.2) is 42.5 Å². The zero-order chi connectivity index (χ0) is 53.6. The summed E-state index contributed by atoms with van der Waals surface area (Å²) in [6.07, 6.45) is -9.73. The van der Waals surface area contributed by atoms with Crippen molar-refractivity contribution in [3.63, 3.8) is 0 Å². The van der Waals surface area contributed by atoms with Gasteiger partial charge in [0, 0.05) is 34.9 Å². The van der Waals surface area contributed by atoms with Gasteiger partial charge in [-0.05, 0) is 95.2 Å². The average molecular weight is 1080 g/mol. The Kier molecular flexibility index (Phi) is 13.6. The second kappa shape index (κ2) is 18.2. The van der Waals surface area contributed by atoms with Crippen LogP contribution in [0.5, 0.6) is 0 Å². The highest BCUT2D eigenvalue weighted by Crippen LogP contribution is 2.68. The molecule has 0 bridgehead atoms. The molecule has 0 aliphatic heterocycles. The molecule has 3 heterocycles. The van der Waals surface area contributed by atoms with Crippen molar-refractivity contribution in [3.05, 3.63) is 93.0 Å². The number of carbonyl (C=O) groups is 2. The summed E-state index contributed by atoms with van der Waals surface area (Å²) in [6.45, 7) is 2.51. The first-order valence-electron chi connectivity index (χ1n) is 21.3. The molecule has 1 fully saturated rings. The molecule has 0 spiro atoms. The van der Waals surface area contributed by atoms with Crippen LogP contribution in [0.2, 0.25) is 5.02 Å². The van der Waals surface area contributed by atoms with E-state index >= 15 is 8.78 Å². The summed E-state index contributed by atoms with van der Waals surface area (Å²) in [7, 11) is -8.48. The number of aromatic nitrogens is 5. The molecule has 1 amide bonds. The maximum absolute atomic E-state index is 15.6. The van der Waals surface area contributed by atoms with Crippen molar-refractivity contribution in [2.45, 2.75) is 95.5 Å². The molecule has 2 aliphatic carbocycles. The molecule has 72 heavy (non-hydrogen) atoms. The Balaban J connectivity index is 1.48. The number of pyridine rings is 1. The van der Waals surface area contributed by atoms with E-state index in [-0.39, 0.29) is 33.5 Å². The molecular formula is C45H42ClF10N7O7S2. The molecule has 1 N–H and O–H groups in total. The van der Waals surface area contributed by atoms with Crippen LogP contribution in [0, 0.1) is 34.8 Å². The van der Waals surface area contributed by atoms with Crippen molar-refractivity contribution in [1.82, 2.24) is 29.9 Å². The number of benzene rings is 2. The Morgan fingerprint density at radius 2 is 1.56 bits per heavy atom. The van der Waals surface area contributed by atoms with Crippen LogP contribution in [-0.4, -0.2) is 83.4 Å². The Labute approximate surface area is 410 Å². The third-order valence-electron chi connectivity index (χ3n) is 11.9. The highest BCUT2D eigenvalue weighted by atomic mass is 35.5. The molecule has 0 saturated heterocycles. The summed E-state index contributed by atoms with van der Waals surface area (Å²) in [5.74, 6) is -6.65. The van der Waals surface area contributed by atoms with E-state index < -0.39 is 160 Å². The van der Waals surface area contributed by atoms with E-state index in [0.29, 0.717) is 21.3 Å². The molecule has 3 atom stereocenters. The van der Waals surface area contributed by atoms with Crippen molar-refractivity contribution in [2.75, 3.05) is 23.5 Å². The number of nitrogens with zero attached hydrogens (tertiary/aromatic N) is 6. The smallest absolute Gasteiger partial charge is 0.435 e. The molecule has 7 rings (SSSR count). The molecule has 1 saturated carbocycles. The Bertz CT molecular complexity index is 3320. The van der Waals surface area contributed by atoms with Crippen LogP contribution in [0.4, 0.5) is 49.7 Å². The lowest BCUT2D eigenvalue weighted by atomic mass is 9.93. The zero-order valence-electron chi connectivity index (χ0n) is 38.8. The normalized spacial score (nSPS) is 17.2. The van der Waals surface area contributed by atoms with E-state index in [2.05, 4.69) is 32.3 Å². The summed E-state index contributed by atoms with van der Waals surface area (Å²) >= 11 is 6.66. The molecular weight excluding hydrogens is 1040 g/mol. The largest absolute Gasteiger partial charge is 0.443 e. The summed E-state index contributed by atoms with van der Waals surface area (Å²) in [5, 5.41) is 8.97. The monoisotopic (exact) mass is 1080 g/mol. The van der Waals surface area contributed by atoms with E-state index in [1.807, 2.05) is 0 Å². The number of sulfonamides is 1.